The second kappa shape index (κ2) is 9.34. The lowest BCUT2D eigenvalue weighted by Crippen LogP contribution is -2.46. The topological polar surface area (TPSA) is 96.8 Å². The summed E-state index contributed by atoms with van der Waals surface area (Å²) in [5.41, 5.74) is -1.03. The molecule has 7 nitrogen and oxygen atoms in total. The molecule has 0 unspecified atom stereocenters. The summed E-state index contributed by atoms with van der Waals surface area (Å²) in [5.74, 6) is -3.07. The number of nitrogens with one attached hydrogen (secondary N) is 2. The monoisotopic (exact) mass is 468 g/mol. The minimum absolute atomic E-state index is 0.0247. The van der Waals surface area contributed by atoms with Crippen LogP contribution in [0.15, 0.2) is 70.5 Å². The number of carbonyl (C=O) groups is 1. The maximum absolute atomic E-state index is 14.2. The van der Waals surface area contributed by atoms with E-state index in [0.717, 1.165) is 18.2 Å². The average molecular weight is 468 g/mol. The summed E-state index contributed by atoms with van der Waals surface area (Å²) in [6, 6.07) is 7.30. The van der Waals surface area contributed by atoms with Crippen LogP contribution >= 0.6 is 0 Å². The zero-order chi connectivity index (χ0) is 24.4. The molecule has 174 valence electrons. The van der Waals surface area contributed by atoms with Gasteiger partial charge in [-0.2, -0.15) is 0 Å². The fourth-order valence-electron chi connectivity index (χ4n) is 3.77. The van der Waals surface area contributed by atoms with Crippen LogP contribution in [0.2, 0.25) is 0 Å². The van der Waals surface area contributed by atoms with Crippen molar-refractivity contribution >= 4 is 16.8 Å². The van der Waals surface area contributed by atoms with Gasteiger partial charge < -0.3 is 10.3 Å². The van der Waals surface area contributed by atoms with Gasteiger partial charge in [-0.1, -0.05) is 12.1 Å². The molecule has 0 saturated carbocycles. The molecule has 4 aromatic rings. The van der Waals surface area contributed by atoms with Crippen LogP contribution in [0.3, 0.4) is 0 Å². The smallest absolute Gasteiger partial charge is 0.329 e. The van der Waals surface area contributed by atoms with Gasteiger partial charge in [-0.05, 0) is 42.8 Å². The molecule has 10 heteroatoms. The Labute approximate surface area is 190 Å². The molecule has 2 N–H and O–H groups in total. The third-order valence-electron chi connectivity index (χ3n) is 5.45. The van der Waals surface area contributed by atoms with Gasteiger partial charge in [-0.25, -0.2) is 22.5 Å². The average Bonchev–Trinajstić information content (AvgIpc) is 2.79. The number of carbonyl (C=O) groups excluding carboxylic acids is 1. The molecule has 2 atom stereocenters. The van der Waals surface area contributed by atoms with Crippen molar-refractivity contribution in [1.29, 1.82) is 0 Å². The van der Waals surface area contributed by atoms with Crippen LogP contribution < -0.4 is 16.6 Å². The highest BCUT2D eigenvalue weighted by atomic mass is 19.1. The molecule has 2 aromatic carbocycles. The maximum Gasteiger partial charge on any atom is 0.329 e. The zero-order valence-electron chi connectivity index (χ0n) is 17.9. The van der Waals surface area contributed by atoms with E-state index in [1.54, 1.807) is 12.1 Å². The summed E-state index contributed by atoms with van der Waals surface area (Å²) in [6.07, 6.45) is 2.90. The lowest BCUT2D eigenvalue weighted by atomic mass is 10.0. The second-order valence-electron chi connectivity index (χ2n) is 7.77. The molecule has 0 radical (unpaired) electrons. The molecule has 4 rings (SSSR count). The highest BCUT2D eigenvalue weighted by Crippen LogP contribution is 2.20. The molecular weight excluding hydrogens is 449 g/mol. The standard InChI is InChI=1S/C24H19F3N4O3/c1-13(17-6-4-16(26)11-19(17)27)29-22(32)21(9-14-3-2-8-28-12-14)31-23(33)18-10-15(25)5-7-20(18)30-24(31)34/h2-8,10-13,21H,9H2,1H3,(H,29,32)(H,30,34)/t13-,21+/m1/s1. The van der Waals surface area contributed by atoms with Crippen LogP contribution in [0.5, 0.6) is 0 Å². The number of hydrogen-bond acceptors (Lipinski definition) is 4. The van der Waals surface area contributed by atoms with Crippen molar-refractivity contribution < 1.29 is 18.0 Å². The largest absolute Gasteiger partial charge is 0.348 e. The summed E-state index contributed by atoms with van der Waals surface area (Å²) in [4.78, 5) is 45.8. The van der Waals surface area contributed by atoms with Gasteiger partial charge >= 0.3 is 5.69 Å². The number of rotatable bonds is 6. The van der Waals surface area contributed by atoms with Crippen molar-refractivity contribution in [1.82, 2.24) is 19.9 Å². The lowest BCUT2D eigenvalue weighted by molar-refractivity contribution is -0.125. The van der Waals surface area contributed by atoms with Gasteiger partial charge in [0.05, 0.1) is 16.9 Å². The van der Waals surface area contributed by atoms with Crippen LogP contribution in [-0.2, 0) is 11.2 Å². The van der Waals surface area contributed by atoms with E-state index in [0.29, 0.717) is 16.2 Å². The number of aromatic amines is 1. The number of hydrogen-bond donors (Lipinski definition) is 2. The van der Waals surface area contributed by atoms with Gasteiger partial charge in [-0.3, -0.25) is 14.6 Å². The Hall–Kier alpha value is -4.21. The number of halogens is 3. The minimum atomic E-state index is -1.36. The SMILES string of the molecule is C[C@@H](NC(=O)[C@H](Cc1cccnc1)n1c(=O)[nH]c2ccc(F)cc2c1=O)c1ccc(F)cc1F. The van der Waals surface area contributed by atoms with Gasteiger partial charge in [0, 0.05) is 30.4 Å². The third kappa shape index (κ3) is 4.61. The van der Waals surface area contributed by atoms with Crippen molar-refractivity contribution in [3.8, 4) is 0 Å². The van der Waals surface area contributed by atoms with Gasteiger partial charge in [0.15, 0.2) is 0 Å². The first-order valence-electron chi connectivity index (χ1n) is 10.3. The number of pyridine rings is 1. The van der Waals surface area contributed by atoms with Crippen molar-refractivity contribution in [2.24, 2.45) is 0 Å². The van der Waals surface area contributed by atoms with Crippen molar-refractivity contribution in [2.45, 2.75) is 25.4 Å². The predicted molar refractivity (Wildman–Crippen MR) is 119 cm³/mol. The molecule has 0 aliphatic rings. The van der Waals surface area contributed by atoms with Crippen molar-refractivity contribution in [3.63, 3.8) is 0 Å². The molecule has 0 fully saturated rings. The highest BCUT2D eigenvalue weighted by molar-refractivity contribution is 5.82. The molecule has 0 spiro atoms. The minimum Gasteiger partial charge on any atom is -0.348 e. The highest BCUT2D eigenvalue weighted by Gasteiger charge is 2.27. The normalized spacial score (nSPS) is 12.9. The number of amides is 1. The Morgan fingerprint density at radius 3 is 2.53 bits per heavy atom. The molecule has 0 aliphatic heterocycles. The molecule has 1 amide bonds. The summed E-state index contributed by atoms with van der Waals surface area (Å²) in [5, 5.41) is 2.47. The number of fused-ring (bicyclic) bond motifs is 1. The van der Waals surface area contributed by atoms with E-state index >= 15 is 0 Å². The van der Waals surface area contributed by atoms with Gasteiger partial charge in [0.1, 0.15) is 23.5 Å². The van der Waals surface area contributed by atoms with Crippen LogP contribution in [0, 0.1) is 17.5 Å². The van der Waals surface area contributed by atoms with E-state index < -0.39 is 46.7 Å². The van der Waals surface area contributed by atoms with Crippen LogP contribution in [-0.4, -0.2) is 20.4 Å². The molecule has 0 bridgehead atoms. The van der Waals surface area contributed by atoms with Gasteiger partial charge in [-0.15, -0.1) is 0 Å². The summed E-state index contributed by atoms with van der Waals surface area (Å²) < 4.78 is 42.0. The third-order valence-corrected chi connectivity index (χ3v) is 5.45. The molecule has 0 aliphatic carbocycles. The maximum atomic E-state index is 14.2. The summed E-state index contributed by atoms with van der Waals surface area (Å²) >= 11 is 0. The Kier molecular flexibility index (Phi) is 6.31. The van der Waals surface area contributed by atoms with Crippen LogP contribution in [0.25, 0.3) is 10.9 Å². The summed E-state index contributed by atoms with van der Waals surface area (Å²) in [7, 11) is 0. The Balaban J connectivity index is 1.78. The van der Waals surface area contributed by atoms with Crippen molar-refractivity contribution in [2.75, 3.05) is 0 Å². The van der Waals surface area contributed by atoms with E-state index in [1.807, 2.05) is 0 Å². The Bertz CT molecular complexity index is 1480. The number of H-pyrrole nitrogens is 1. The molecule has 2 aromatic heterocycles. The fourth-order valence-corrected chi connectivity index (χ4v) is 3.77. The van der Waals surface area contributed by atoms with E-state index in [-0.39, 0.29) is 22.9 Å². The van der Waals surface area contributed by atoms with Gasteiger partial charge in [0.25, 0.3) is 5.56 Å². The van der Waals surface area contributed by atoms with Gasteiger partial charge in [0.2, 0.25) is 5.91 Å². The number of benzene rings is 2. The second-order valence-corrected chi connectivity index (χ2v) is 7.77. The predicted octanol–water partition coefficient (Wildman–Crippen LogP) is 3.16. The van der Waals surface area contributed by atoms with E-state index in [1.165, 1.54) is 31.5 Å². The van der Waals surface area contributed by atoms with E-state index in [2.05, 4.69) is 15.3 Å². The number of nitrogens with zero attached hydrogens (tertiary/aromatic N) is 2. The molecule has 0 saturated heterocycles. The van der Waals surface area contributed by atoms with Crippen LogP contribution in [0.4, 0.5) is 13.2 Å². The zero-order valence-corrected chi connectivity index (χ0v) is 17.9. The molecule has 34 heavy (non-hydrogen) atoms. The quantitative estimate of drug-likeness (QED) is 0.454. The lowest BCUT2D eigenvalue weighted by Gasteiger charge is -2.22. The number of aromatic nitrogens is 3. The molecular formula is C24H19F3N4O3. The fraction of sp³-hybridized carbons (Fsp3) is 0.167. The summed E-state index contributed by atoms with van der Waals surface area (Å²) in [6.45, 7) is 1.48. The Morgan fingerprint density at radius 2 is 1.82 bits per heavy atom. The van der Waals surface area contributed by atoms with E-state index in [4.69, 9.17) is 0 Å². The van der Waals surface area contributed by atoms with E-state index in [9.17, 15) is 27.6 Å². The Morgan fingerprint density at radius 1 is 1.09 bits per heavy atom. The molecule has 2 heterocycles. The van der Waals surface area contributed by atoms with Crippen LogP contribution in [0.1, 0.15) is 30.1 Å². The first-order valence-corrected chi connectivity index (χ1v) is 10.3. The van der Waals surface area contributed by atoms with Crippen molar-refractivity contribution in [3.05, 3.63) is 110 Å². The first kappa shape index (κ1) is 23.0. The first-order chi connectivity index (χ1) is 16.2.